The van der Waals surface area contributed by atoms with Gasteiger partial charge >= 0.3 is 0 Å². The molecule has 252 valence electrons. The highest BCUT2D eigenvalue weighted by Gasteiger charge is 2.35. The molecule has 0 heterocycles. The molecule has 4 aromatic rings. The number of benzene rings is 4. The maximum atomic E-state index is 14.7. The molecule has 1 atom stereocenters. The monoisotopic (exact) mass is 731 g/mol. The van der Waals surface area contributed by atoms with E-state index in [1.807, 2.05) is 61.5 Å². The van der Waals surface area contributed by atoms with Gasteiger partial charge in [0, 0.05) is 23.5 Å². The van der Waals surface area contributed by atoms with Gasteiger partial charge in [-0.05, 0) is 79.4 Å². The average Bonchev–Trinajstić information content (AvgIpc) is 3.10. The van der Waals surface area contributed by atoms with E-state index < -0.39 is 28.5 Å². The molecule has 48 heavy (non-hydrogen) atoms. The van der Waals surface area contributed by atoms with Crippen molar-refractivity contribution in [1.82, 2.24) is 10.2 Å². The van der Waals surface area contributed by atoms with E-state index in [1.165, 1.54) is 17.0 Å². The fraction of sp³-hybridized carbons (Fsp3) is 0.316. The molecule has 1 unspecified atom stereocenters. The Balaban J connectivity index is 1.54. The topological polar surface area (TPSA) is 96.0 Å². The zero-order valence-corrected chi connectivity index (χ0v) is 29.5. The summed E-state index contributed by atoms with van der Waals surface area (Å²) in [7, 11) is -4.20. The molecular weight excluding hydrogens is 690 g/mol. The van der Waals surface area contributed by atoms with E-state index in [4.69, 9.17) is 4.74 Å². The Bertz CT molecular complexity index is 1750. The highest BCUT2D eigenvalue weighted by Crippen LogP contribution is 2.27. The number of hydrogen-bond donors (Lipinski definition) is 1. The van der Waals surface area contributed by atoms with Crippen LogP contribution in [-0.4, -0.2) is 50.4 Å². The second kappa shape index (κ2) is 16.8. The van der Waals surface area contributed by atoms with Crippen molar-refractivity contribution in [2.24, 2.45) is 0 Å². The molecule has 1 aliphatic rings. The predicted molar refractivity (Wildman–Crippen MR) is 192 cm³/mol. The fourth-order valence-corrected chi connectivity index (χ4v) is 7.92. The minimum atomic E-state index is -4.20. The van der Waals surface area contributed by atoms with E-state index in [2.05, 4.69) is 21.2 Å². The van der Waals surface area contributed by atoms with Crippen LogP contribution >= 0.6 is 15.9 Å². The number of sulfonamides is 1. The summed E-state index contributed by atoms with van der Waals surface area (Å²) in [6.07, 6.45) is 5.30. The Kier molecular flexibility index (Phi) is 12.3. The van der Waals surface area contributed by atoms with Crippen LogP contribution in [0.3, 0.4) is 0 Å². The molecule has 0 saturated heterocycles. The maximum absolute atomic E-state index is 14.7. The molecule has 1 fully saturated rings. The van der Waals surface area contributed by atoms with E-state index in [9.17, 15) is 18.0 Å². The van der Waals surface area contributed by atoms with Gasteiger partial charge in [0.1, 0.15) is 18.3 Å². The van der Waals surface area contributed by atoms with Crippen molar-refractivity contribution in [3.63, 3.8) is 0 Å². The third kappa shape index (κ3) is 9.26. The van der Waals surface area contributed by atoms with E-state index >= 15 is 0 Å². The lowest BCUT2D eigenvalue weighted by Crippen LogP contribution is -2.55. The van der Waals surface area contributed by atoms with Crippen LogP contribution in [0.15, 0.2) is 119 Å². The van der Waals surface area contributed by atoms with Gasteiger partial charge in [0.05, 0.1) is 17.2 Å². The summed E-state index contributed by atoms with van der Waals surface area (Å²) < 4.78 is 36.0. The summed E-state index contributed by atoms with van der Waals surface area (Å²) in [6, 6.07) is 31.1. The lowest BCUT2D eigenvalue weighted by molar-refractivity contribution is -0.140. The van der Waals surface area contributed by atoms with Gasteiger partial charge in [0.15, 0.2) is 0 Å². The van der Waals surface area contributed by atoms with Gasteiger partial charge in [-0.25, -0.2) is 8.42 Å². The number of nitrogens with one attached hydrogen (secondary N) is 1. The number of hydrogen-bond acceptors (Lipinski definition) is 5. The van der Waals surface area contributed by atoms with Crippen molar-refractivity contribution in [2.75, 3.05) is 17.5 Å². The summed E-state index contributed by atoms with van der Waals surface area (Å²) in [5.41, 5.74) is 2.05. The second-order valence-electron chi connectivity index (χ2n) is 12.0. The molecule has 8 nitrogen and oxygen atoms in total. The highest BCUT2D eigenvalue weighted by atomic mass is 79.9. The Morgan fingerprint density at radius 2 is 1.50 bits per heavy atom. The molecule has 1 saturated carbocycles. The van der Waals surface area contributed by atoms with Gasteiger partial charge in [-0.15, -0.1) is 0 Å². The molecular formula is C38H42BrN3O5S. The molecule has 10 heteroatoms. The molecule has 5 rings (SSSR count). The second-order valence-corrected chi connectivity index (χ2v) is 14.7. The fourth-order valence-electron chi connectivity index (χ4n) is 6.06. The lowest BCUT2D eigenvalue weighted by Gasteiger charge is -2.35. The average molecular weight is 733 g/mol. The van der Waals surface area contributed by atoms with Gasteiger partial charge in [-0.2, -0.15) is 0 Å². The maximum Gasteiger partial charge on any atom is 0.264 e. The summed E-state index contributed by atoms with van der Waals surface area (Å²) in [5.74, 6) is -0.186. The SMILES string of the molecule is CCOc1ccc(S(=O)(=O)N(CC(=O)N(Cc2cccc(Br)c2)C(Cc2ccccc2)C(=O)NC2CCCCC2)c2ccccc2)cc1. The predicted octanol–water partition coefficient (Wildman–Crippen LogP) is 7.13. The van der Waals surface area contributed by atoms with Crippen LogP contribution in [0.1, 0.15) is 50.2 Å². The third-order valence-corrected chi connectivity index (χ3v) is 10.8. The Labute approximate surface area is 292 Å². The van der Waals surface area contributed by atoms with Crippen LogP contribution in [0.2, 0.25) is 0 Å². The number of carbonyl (C=O) groups excluding carboxylic acids is 2. The number of amides is 2. The lowest BCUT2D eigenvalue weighted by atomic mass is 9.94. The van der Waals surface area contributed by atoms with Crippen molar-refractivity contribution in [1.29, 1.82) is 0 Å². The Morgan fingerprint density at radius 3 is 2.15 bits per heavy atom. The van der Waals surface area contributed by atoms with Gasteiger partial charge in [0.25, 0.3) is 10.0 Å². The highest BCUT2D eigenvalue weighted by molar-refractivity contribution is 9.10. The smallest absolute Gasteiger partial charge is 0.264 e. The summed E-state index contributed by atoms with van der Waals surface area (Å²) in [4.78, 5) is 30.5. The minimum Gasteiger partial charge on any atom is -0.494 e. The largest absolute Gasteiger partial charge is 0.494 e. The zero-order chi connectivity index (χ0) is 33.9. The van der Waals surface area contributed by atoms with Crippen LogP contribution in [0.4, 0.5) is 5.69 Å². The zero-order valence-electron chi connectivity index (χ0n) is 27.1. The molecule has 2 amide bonds. The molecule has 0 radical (unpaired) electrons. The number of para-hydroxylation sites is 1. The molecule has 0 bridgehead atoms. The molecule has 0 aromatic heterocycles. The van der Waals surface area contributed by atoms with Crippen LogP contribution in [0.5, 0.6) is 5.75 Å². The van der Waals surface area contributed by atoms with Gasteiger partial charge in [-0.3, -0.25) is 13.9 Å². The van der Waals surface area contributed by atoms with E-state index in [0.717, 1.165) is 52.0 Å². The summed E-state index contributed by atoms with van der Waals surface area (Å²) in [6.45, 7) is 1.91. The van der Waals surface area contributed by atoms with Crippen LogP contribution < -0.4 is 14.4 Å². The van der Waals surface area contributed by atoms with Crippen LogP contribution in [0.25, 0.3) is 0 Å². The van der Waals surface area contributed by atoms with Crippen molar-refractivity contribution in [2.45, 2.75) is 69.0 Å². The number of carbonyl (C=O) groups is 2. The van der Waals surface area contributed by atoms with Gasteiger partial charge in [-0.1, -0.05) is 95.9 Å². The molecule has 0 aliphatic heterocycles. The number of nitrogens with zero attached hydrogens (tertiary/aromatic N) is 2. The molecule has 0 spiro atoms. The first kappa shape index (κ1) is 35.2. The van der Waals surface area contributed by atoms with E-state index in [-0.39, 0.29) is 29.8 Å². The number of ether oxygens (including phenoxy) is 1. The molecule has 1 N–H and O–H groups in total. The van der Waals surface area contributed by atoms with Crippen LogP contribution in [-0.2, 0) is 32.6 Å². The van der Waals surface area contributed by atoms with Crippen molar-refractivity contribution < 1.29 is 22.7 Å². The number of rotatable bonds is 14. The third-order valence-electron chi connectivity index (χ3n) is 8.51. The first-order valence-electron chi connectivity index (χ1n) is 16.4. The standard InChI is InChI=1S/C38H42BrN3O5S/c1-2-47-34-21-23-35(24-22-34)48(45,46)42(33-19-10-5-11-20-33)28-37(43)41(27-30-15-12-16-31(39)25-30)36(26-29-13-6-3-7-14-29)38(44)40-32-17-8-4-9-18-32/h3,5-7,10-16,19-25,32,36H,2,4,8-9,17-18,26-28H2,1H3,(H,40,44). The number of anilines is 1. The van der Waals surface area contributed by atoms with Crippen molar-refractivity contribution in [3.8, 4) is 5.75 Å². The van der Waals surface area contributed by atoms with Crippen molar-refractivity contribution in [3.05, 3.63) is 125 Å². The summed E-state index contributed by atoms with van der Waals surface area (Å²) in [5, 5.41) is 3.24. The van der Waals surface area contributed by atoms with E-state index in [1.54, 1.807) is 42.5 Å². The molecule has 4 aromatic carbocycles. The van der Waals surface area contributed by atoms with Gasteiger partial charge in [0.2, 0.25) is 11.8 Å². The summed E-state index contributed by atoms with van der Waals surface area (Å²) >= 11 is 3.53. The Morgan fingerprint density at radius 1 is 0.854 bits per heavy atom. The normalized spacial score (nSPS) is 14.1. The van der Waals surface area contributed by atoms with Gasteiger partial charge < -0.3 is 15.0 Å². The van der Waals surface area contributed by atoms with E-state index in [0.29, 0.717) is 18.0 Å². The van der Waals surface area contributed by atoms with Crippen molar-refractivity contribution >= 4 is 43.5 Å². The Hall–Kier alpha value is -4.15. The first-order valence-corrected chi connectivity index (χ1v) is 18.7. The minimum absolute atomic E-state index is 0.0250. The number of halogens is 1. The van der Waals surface area contributed by atoms with Crippen LogP contribution in [0, 0.1) is 0 Å². The quantitative estimate of drug-likeness (QED) is 0.149. The first-order chi connectivity index (χ1) is 23.2. The molecule has 1 aliphatic carbocycles.